The number of nitrogens with one attached hydrogen (secondary N) is 6. The fourth-order valence-electron chi connectivity index (χ4n) is 20.3. The number of piperidine rings is 4. The molecule has 4 aliphatic carbocycles. The lowest BCUT2D eigenvalue weighted by molar-refractivity contribution is 0.254. The average molecular weight is 1640 g/mol. The molecular formula is C95H109Cl3N20. The Morgan fingerprint density at radius 2 is 0.831 bits per heavy atom. The fraction of sp³-hybridized carbons (Fsp3) is 0.411. The van der Waals surface area contributed by atoms with Crippen LogP contribution in [-0.2, 0) is 60.3 Å². The van der Waals surface area contributed by atoms with Gasteiger partial charge in [-0.1, -0.05) is 170 Å². The first kappa shape index (κ1) is 80.8. The Kier molecular flexibility index (Phi) is 24.2. The topological polar surface area (TPSA) is 214 Å². The van der Waals surface area contributed by atoms with E-state index in [1.54, 1.807) is 12.4 Å². The number of piperazine rings is 1. The maximum atomic E-state index is 6.37. The second-order valence-corrected chi connectivity index (χ2v) is 36.1. The summed E-state index contributed by atoms with van der Waals surface area (Å²) < 4.78 is 0. The molecule has 0 unspecified atom stereocenters. The van der Waals surface area contributed by atoms with Gasteiger partial charge in [0.25, 0.3) is 0 Å². The predicted molar refractivity (Wildman–Crippen MR) is 479 cm³/mol. The highest BCUT2D eigenvalue weighted by Gasteiger charge is 2.45. The Morgan fingerprint density at radius 3 is 1.29 bits per heavy atom. The SMILES string of the molecule is CN(C)CC(C)(C)CNc1ncc2c(n1)-c1ccccc1C1(CCNCC1)C2.CN(Cc1ccccn1)c1ncc2c(n1)-c1ccccc1C1(CCNCC1)C2.Clc1ccccc1CCNc1ncc2c(n1)-c1ccccc1C1(CCNCC1)C2.Clc1cncc(Cl)c1N1CCN(c2ncc3c(n2)-c2ccccc2C2(CCNCC2)C3)CC1. The molecule has 11 aromatic rings. The van der Waals surface area contributed by atoms with E-state index < -0.39 is 0 Å². The van der Waals surface area contributed by atoms with Gasteiger partial charge in [0, 0.05) is 145 Å². The van der Waals surface area contributed by atoms with Gasteiger partial charge in [0.2, 0.25) is 23.8 Å². The van der Waals surface area contributed by atoms with E-state index in [9.17, 15) is 0 Å². The highest BCUT2D eigenvalue weighted by Crippen LogP contribution is 2.52. The average Bonchev–Trinajstić information content (AvgIpc) is 0.760. The van der Waals surface area contributed by atoms with Crippen LogP contribution in [0.15, 0.2) is 183 Å². The quantitative estimate of drug-likeness (QED) is 0.0597. The number of halogens is 3. The summed E-state index contributed by atoms with van der Waals surface area (Å²) in [5.74, 6) is 2.98. The van der Waals surface area contributed by atoms with Crippen LogP contribution in [0.4, 0.5) is 29.5 Å². The van der Waals surface area contributed by atoms with Crippen molar-refractivity contribution in [3.63, 3.8) is 0 Å². The minimum atomic E-state index is 0.153. The number of hydrogen-bond acceptors (Lipinski definition) is 20. The molecule has 0 bridgehead atoms. The molecule has 0 atom stereocenters. The first-order valence-electron chi connectivity index (χ1n) is 42.5. The van der Waals surface area contributed by atoms with Gasteiger partial charge in [-0.2, -0.15) is 0 Å². The second-order valence-electron chi connectivity index (χ2n) is 34.9. The van der Waals surface area contributed by atoms with E-state index >= 15 is 0 Å². The molecule has 20 rings (SSSR count). The summed E-state index contributed by atoms with van der Waals surface area (Å²) in [4.78, 5) is 56.1. The molecule has 20 nitrogen and oxygen atoms in total. The highest BCUT2D eigenvalue weighted by molar-refractivity contribution is 6.39. The largest absolute Gasteiger partial charge is 0.365 e. The van der Waals surface area contributed by atoms with Gasteiger partial charge < -0.3 is 51.5 Å². The number of fused-ring (bicyclic) bond motifs is 16. The zero-order chi connectivity index (χ0) is 80.9. The molecule has 0 saturated carbocycles. The molecule has 610 valence electrons. The number of aromatic nitrogens is 10. The minimum absolute atomic E-state index is 0.153. The Morgan fingerprint density at radius 1 is 0.424 bits per heavy atom. The summed E-state index contributed by atoms with van der Waals surface area (Å²) in [5.41, 5.74) is 24.5. The number of benzene rings is 5. The van der Waals surface area contributed by atoms with Crippen molar-refractivity contribution in [2.45, 2.75) is 126 Å². The van der Waals surface area contributed by atoms with Gasteiger partial charge in [-0.25, -0.2) is 39.9 Å². The number of rotatable bonds is 14. The van der Waals surface area contributed by atoms with Crippen molar-refractivity contribution < 1.29 is 0 Å². The van der Waals surface area contributed by atoms with Gasteiger partial charge in [0.05, 0.1) is 50.7 Å². The lowest BCUT2D eigenvalue weighted by Crippen LogP contribution is -2.47. The first-order valence-corrected chi connectivity index (χ1v) is 43.6. The van der Waals surface area contributed by atoms with Gasteiger partial charge in [-0.15, -0.1) is 0 Å². The Balaban J connectivity index is 0.000000113. The minimum Gasteiger partial charge on any atom is -0.365 e. The number of anilines is 5. The van der Waals surface area contributed by atoms with Crippen LogP contribution >= 0.6 is 34.8 Å². The van der Waals surface area contributed by atoms with E-state index in [1.807, 2.05) is 62.0 Å². The van der Waals surface area contributed by atoms with Gasteiger partial charge >= 0.3 is 0 Å². The third-order valence-corrected chi connectivity index (χ3v) is 27.0. The van der Waals surface area contributed by atoms with Crippen molar-refractivity contribution in [2.24, 2.45) is 5.41 Å². The molecule has 6 aromatic heterocycles. The monoisotopic (exact) mass is 1630 g/mol. The van der Waals surface area contributed by atoms with Crippen LogP contribution in [0.5, 0.6) is 0 Å². The standard InChI is InChI=1S/C25H26Cl2N6.C24H25ClN4.C23H25N5.C23H33N5/c26-20-15-29-16-21(27)23(20)32-9-11-33(12-10-32)24-30-14-17-13-25(5-7-28-8-6-25)19-4-2-1-3-18(19)22(17)31-24;25-21-8-4-1-5-17(21)9-12-27-23-28-16-18-15-24(10-13-26-14-11-24)20-7-3-2-6-19(20)22(18)29-23;1-28(16-18-6-4-5-11-25-18)22-26-15-17-14-23(9-12-24-13-10-23)20-8-3-2-7-19(20)21(17)27-22;1-22(2,16-28(3)4)15-26-21-25-14-17-13-23(9-11-24-12-10-23)19-8-6-5-7-18(19)20(17)27-21/h1-4,14-16,28H,5-13H2;1-8,16,26H,9-15H2,(H,27,28,29);2-8,11,15,24H,9-10,12-14,16H2,1H3;5-8,14,24H,9-13,15-16H2,1-4H3,(H,25,26,27). The lowest BCUT2D eigenvalue weighted by Gasteiger charge is -2.43. The summed E-state index contributed by atoms with van der Waals surface area (Å²) in [5, 5.41) is 22.9. The van der Waals surface area contributed by atoms with E-state index in [1.165, 1.54) is 105 Å². The van der Waals surface area contributed by atoms with Crippen molar-refractivity contribution in [1.82, 2.24) is 76.0 Å². The van der Waals surface area contributed by atoms with Crippen LogP contribution in [0.25, 0.3) is 45.0 Å². The summed E-state index contributed by atoms with van der Waals surface area (Å²) in [6.07, 6.45) is 27.7. The molecule has 5 fully saturated rings. The molecule has 0 radical (unpaired) electrons. The molecule has 6 N–H and O–H groups in total. The van der Waals surface area contributed by atoms with Crippen LogP contribution in [-0.4, -0.2) is 174 Å². The molecule has 5 saturated heterocycles. The zero-order valence-corrected chi connectivity index (χ0v) is 71.0. The fourth-order valence-corrected chi connectivity index (χ4v) is 21.1. The van der Waals surface area contributed by atoms with Crippen molar-refractivity contribution in [3.05, 3.63) is 254 Å². The van der Waals surface area contributed by atoms with Gasteiger partial charge in [-0.3, -0.25) is 9.97 Å². The van der Waals surface area contributed by atoms with Crippen LogP contribution in [0, 0.1) is 5.41 Å². The Bertz CT molecular complexity index is 5320. The van der Waals surface area contributed by atoms with Crippen LogP contribution < -0.4 is 46.6 Å². The molecule has 5 aromatic carbocycles. The molecule has 11 heterocycles. The van der Waals surface area contributed by atoms with E-state index in [4.69, 9.17) is 64.7 Å². The smallest absolute Gasteiger partial charge is 0.225 e. The summed E-state index contributed by atoms with van der Waals surface area (Å²) >= 11 is 19.0. The van der Waals surface area contributed by atoms with E-state index in [0.29, 0.717) is 22.5 Å². The lowest BCUT2D eigenvalue weighted by atomic mass is 9.64. The molecule has 5 aliphatic heterocycles. The number of nitrogens with zero attached hydrogens (tertiary/aromatic N) is 14. The summed E-state index contributed by atoms with van der Waals surface area (Å²) in [6, 6.07) is 49.3. The normalized spacial score (nSPS) is 17.9. The van der Waals surface area contributed by atoms with E-state index in [-0.39, 0.29) is 27.1 Å². The second kappa shape index (κ2) is 35.4. The number of hydrogen-bond donors (Lipinski definition) is 6. The van der Waals surface area contributed by atoms with E-state index in [2.05, 4.69) is 215 Å². The van der Waals surface area contributed by atoms with Gasteiger partial charge in [-0.05, 0) is 224 Å². The predicted octanol–water partition coefficient (Wildman–Crippen LogP) is 15.7. The Hall–Kier alpha value is -9.61. The van der Waals surface area contributed by atoms with Crippen LogP contribution in [0.2, 0.25) is 15.1 Å². The Labute approximate surface area is 710 Å². The number of pyridine rings is 2. The molecular weight excluding hydrogens is 1530 g/mol. The third kappa shape index (κ3) is 17.2. The van der Waals surface area contributed by atoms with Crippen molar-refractivity contribution in [1.29, 1.82) is 0 Å². The molecule has 118 heavy (non-hydrogen) atoms. The van der Waals surface area contributed by atoms with Crippen molar-refractivity contribution in [3.8, 4) is 45.0 Å². The molecule has 0 amide bonds. The molecule has 9 aliphatic rings. The summed E-state index contributed by atoms with van der Waals surface area (Å²) in [6.45, 7) is 19.7. The van der Waals surface area contributed by atoms with Gasteiger partial charge in [0.1, 0.15) is 0 Å². The van der Waals surface area contributed by atoms with Crippen molar-refractivity contribution >= 4 is 64.3 Å². The third-order valence-electron chi connectivity index (χ3n) is 26.1. The first-order chi connectivity index (χ1) is 57.5. The van der Waals surface area contributed by atoms with Crippen LogP contribution in [0.1, 0.15) is 121 Å². The van der Waals surface area contributed by atoms with Crippen molar-refractivity contribution in [2.75, 3.05) is 145 Å². The highest BCUT2D eigenvalue weighted by atomic mass is 35.5. The summed E-state index contributed by atoms with van der Waals surface area (Å²) in [7, 11) is 6.26. The molecule has 4 spiro atoms. The molecule has 23 heteroatoms. The maximum absolute atomic E-state index is 6.37. The zero-order valence-electron chi connectivity index (χ0n) is 68.7. The van der Waals surface area contributed by atoms with Crippen LogP contribution in [0.3, 0.4) is 0 Å². The van der Waals surface area contributed by atoms with Gasteiger partial charge in [0.15, 0.2) is 0 Å². The maximum Gasteiger partial charge on any atom is 0.225 e. The van der Waals surface area contributed by atoms with E-state index in [0.717, 1.165) is 206 Å².